The molecular weight excluding hydrogens is 350 g/mol. The van der Waals surface area contributed by atoms with Gasteiger partial charge in [-0.15, -0.1) is 0 Å². The Bertz CT molecular complexity index is 962. The normalized spacial score (nSPS) is 12.1. The van der Waals surface area contributed by atoms with Gasteiger partial charge in [-0.2, -0.15) is 0 Å². The number of amides is 1. The summed E-state index contributed by atoms with van der Waals surface area (Å²) in [5.41, 5.74) is 4.51. The number of aryl methyl sites for hydroxylation is 2. The highest BCUT2D eigenvalue weighted by molar-refractivity contribution is 5.77. The van der Waals surface area contributed by atoms with Crippen molar-refractivity contribution in [3.63, 3.8) is 0 Å². The van der Waals surface area contributed by atoms with Gasteiger partial charge in [0.2, 0.25) is 5.91 Å². The van der Waals surface area contributed by atoms with Crippen LogP contribution in [0.1, 0.15) is 49.7 Å². The van der Waals surface area contributed by atoms with Crippen LogP contribution in [0.3, 0.4) is 0 Å². The molecule has 5 nitrogen and oxygen atoms in total. The molecule has 5 heteroatoms. The van der Waals surface area contributed by atoms with E-state index in [1.807, 2.05) is 37.3 Å². The van der Waals surface area contributed by atoms with Gasteiger partial charge in [0.25, 0.3) is 0 Å². The predicted molar refractivity (Wildman–Crippen MR) is 113 cm³/mol. The fourth-order valence-electron chi connectivity index (χ4n) is 3.46. The first-order valence-corrected chi connectivity index (χ1v) is 9.88. The van der Waals surface area contributed by atoms with Crippen molar-refractivity contribution in [1.82, 2.24) is 14.9 Å². The molecule has 0 saturated heterocycles. The Morgan fingerprint density at radius 3 is 2.71 bits per heavy atom. The van der Waals surface area contributed by atoms with E-state index in [-0.39, 0.29) is 11.9 Å². The molecule has 1 amide bonds. The minimum atomic E-state index is -0.129. The zero-order valence-corrected chi connectivity index (χ0v) is 17.2. The quantitative estimate of drug-likeness (QED) is 0.577. The Hall–Kier alpha value is -2.82. The van der Waals surface area contributed by atoms with Gasteiger partial charge in [0.15, 0.2) is 0 Å². The first-order chi connectivity index (χ1) is 13.5. The molecule has 0 spiro atoms. The molecule has 1 heterocycles. The lowest BCUT2D eigenvalue weighted by molar-refractivity contribution is -0.119. The number of para-hydroxylation sites is 2. The van der Waals surface area contributed by atoms with Crippen molar-refractivity contribution >= 4 is 16.9 Å². The second kappa shape index (κ2) is 8.91. The summed E-state index contributed by atoms with van der Waals surface area (Å²) in [5, 5.41) is 2.95. The number of unbranched alkanes of at least 4 members (excludes halogenated alkanes) is 1. The molecular formula is C23H29N3O2. The third kappa shape index (κ3) is 4.53. The summed E-state index contributed by atoms with van der Waals surface area (Å²) in [6.07, 6.45) is 1.93. The monoisotopic (exact) mass is 379 g/mol. The average Bonchev–Trinajstić information content (AvgIpc) is 3.03. The number of imidazole rings is 1. The van der Waals surface area contributed by atoms with Gasteiger partial charge in [0, 0.05) is 13.5 Å². The minimum absolute atomic E-state index is 0.0481. The zero-order chi connectivity index (χ0) is 20.1. The third-order valence-corrected chi connectivity index (χ3v) is 5.08. The Kier molecular flexibility index (Phi) is 6.34. The van der Waals surface area contributed by atoms with Crippen LogP contribution >= 0.6 is 0 Å². The number of fused-ring (bicyclic) bond motifs is 1. The maximum absolute atomic E-state index is 11.5. The molecule has 0 saturated carbocycles. The van der Waals surface area contributed by atoms with Crippen molar-refractivity contribution in [1.29, 1.82) is 0 Å². The van der Waals surface area contributed by atoms with E-state index in [0.29, 0.717) is 6.61 Å². The van der Waals surface area contributed by atoms with Gasteiger partial charge in [-0.05, 0) is 62.9 Å². The zero-order valence-electron chi connectivity index (χ0n) is 17.2. The van der Waals surface area contributed by atoms with Crippen LogP contribution in [-0.4, -0.2) is 22.1 Å². The molecule has 148 valence electrons. The molecule has 1 N–H and O–H groups in total. The lowest BCUT2D eigenvalue weighted by atomic mass is 10.1. The predicted octanol–water partition coefficient (Wildman–Crippen LogP) is 4.71. The Balaban J connectivity index is 1.64. The van der Waals surface area contributed by atoms with Crippen molar-refractivity contribution in [2.75, 3.05) is 6.61 Å². The molecule has 0 radical (unpaired) electrons. The van der Waals surface area contributed by atoms with Crippen LogP contribution in [0.2, 0.25) is 0 Å². The Morgan fingerprint density at radius 1 is 1.14 bits per heavy atom. The number of rotatable bonds is 8. The van der Waals surface area contributed by atoms with Crippen molar-refractivity contribution in [2.24, 2.45) is 0 Å². The number of carbonyl (C=O) groups excluding carboxylic acids is 1. The molecule has 28 heavy (non-hydrogen) atoms. The molecule has 1 aromatic heterocycles. The van der Waals surface area contributed by atoms with E-state index in [1.165, 1.54) is 18.1 Å². The summed E-state index contributed by atoms with van der Waals surface area (Å²) < 4.78 is 8.19. The van der Waals surface area contributed by atoms with Gasteiger partial charge >= 0.3 is 0 Å². The summed E-state index contributed by atoms with van der Waals surface area (Å²) in [4.78, 5) is 16.2. The topological polar surface area (TPSA) is 56.2 Å². The van der Waals surface area contributed by atoms with Gasteiger partial charge in [-0.3, -0.25) is 4.79 Å². The summed E-state index contributed by atoms with van der Waals surface area (Å²) in [6, 6.07) is 14.1. The molecule has 0 aliphatic rings. The number of nitrogens with zero attached hydrogens (tertiary/aromatic N) is 2. The number of carbonyl (C=O) groups is 1. The van der Waals surface area contributed by atoms with Crippen molar-refractivity contribution in [2.45, 2.75) is 53.1 Å². The van der Waals surface area contributed by atoms with Crippen molar-refractivity contribution in [3.8, 4) is 5.75 Å². The summed E-state index contributed by atoms with van der Waals surface area (Å²) in [5.74, 6) is 1.81. The molecule has 1 atom stereocenters. The van der Waals surface area contributed by atoms with E-state index in [0.717, 1.165) is 42.0 Å². The Morgan fingerprint density at radius 2 is 1.93 bits per heavy atom. The number of nitrogens with one attached hydrogen (secondary N) is 1. The second-order valence-electron chi connectivity index (χ2n) is 7.29. The second-order valence-corrected chi connectivity index (χ2v) is 7.29. The third-order valence-electron chi connectivity index (χ3n) is 5.08. The highest BCUT2D eigenvalue weighted by Gasteiger charge is 2.17. The molecule has 0 aliphatic heterocycles. The molecule has 0 aliphatic carbocycles. The van der Waals surface area contributed by atoms with Crippen molar-refractivity contribution < 1.29 is 9.53 Å². The van der Waals surface area contributed by atoms with E-state index >= 15 is 0 Å². The molecule has 0 bridgehead atoms. The van der Waals surface area contributed by atoms with Crippen LogP contribution in [-0.2, 0) is 11.3 Å². The first kappa shape index (κ1) is 19.9. The van der Waals surface area contributed by atoms with Crippen LogP contribution < -0.4 is 10.1 Å². The van der Waals surface area contributed by atoms with E-state index in [1.54, 1.807) is 0 Å². The summed E-state index contributed by atoms with van der Waals surface area (Å²) in [7, 11) is 0. The van der Waals surface area contributed by atoms with E-state index in [2.05, 4.69) is 35.9 Å². The number of ether oxygens (including phenoxy) is 1. The SMILES string of the molecule is CC(=O)NC(C)c1nc2ccccc2n1CCCCOc1cccc(C)c1C. The molecule has 2 aromatic carbocycles. The molecule has 3 rings (SSSR count). The first-order valence-electron chi connectivity index (χ1n) is 9.88. The van der Waals surface area contributed by atoms with Crippen LogP contribution in [0, 0.1) is 13.8 Å². The van der Waals surface area contributed by atoms with E-state index in [4.69, 9.17) is 9.72 Å². The van der Waals surface area contributed by atoms with Crippen LogP contribution in [0.15, 0.2) is 42.5 Å². The van der Waals surface area contributed by atoms with Crippen molar-refractivity contribution in [3.05, 3.63) is 59.4 Å². The smallest absolute Gasteiger partial charge is 0.217 e. The summed E-state index contributed by atoms with van der Waals surface area (Å²) in [6.45, 7) is 9.24. The summed E-state index contributed by atoms with van der Waals surface area (Å²) >= 11 is 0. The van der Waals surface area contributed by atoms with Gasteiger partial charge < -0.3 is 14.6 Å². The average molecular weight is 380 g/mol. The lowest BCUT2D eigenvalue weighted by Gasteiger charge is -2.16. The number of hydrogen-bond acceptors (Lipinski definition) is 3. The Labute approximate surface area is 166 Å². The highest BCUT2D eigenvalue weighted by atomic mass is 16.5. The number of hydrogen-bond donors (Lipinski definition) is 1. The van der Waals surface area contributed by atoms with E-state index in [9.17, 15) is 4.79 Å². The van der Waals surface area contributed by atoms with Gasteiger partial charge in [-0.1, -0.05) is 24.3 Å². The lowest BCUT2D eigenvalue weighted by Crippen LogP contribution is -2.26. The van der Waals surface area contributed by atoms with Crippen LogP contribution in [0.5, 0.6) is 5.75 Å². The molecule has 3 aromatic rings. The van der Waals surface area contributed by atoms with Gasteiger partial charge in [0.1, 0.15) is 11.6 Å². The maximum Gasteiger partial charge on any atom is 0.217 e. The molecule has 0 fully saturated rings. The number of benzene rings is 2. The fraction of sp³-hybridized carbons (Fsp3) is 0.391. The highest BCUT2D eigenvalue weighted by Crippen LogP contribution is 2.23. The van der Waals surface area contributed by atoms with Crippen LogP contribution in [0.4, 0.5) is 0 Å². The largest absolute Gasteiger partial charge is 0.493 e. The van der Waals surface area contributed by atoms with Gasteiger partial charge in [-0.25, -0.2) is 4.98 Å². The maximum atomic E-state index is 11.5. The van der Waals surface area contributed by atoms with Gasteiger partial charge in [0.05, 0.1) is 23.7 Å². The minimum Gasteiger partial charge on any atom is -0.493 e. The van der Waals surface area contributed by atoms with E-state index < -0.39 is 0 Å². The standard InChI is InChI=1S/C23H29N3O2/c1-16-10-9-13-22(17(16)2)28-15-8-7-14-26-21-12-6-5-11-20(21)25-23(26)18(3)24-19(4)27/h5-6,9-13,18H,7-8,14-15H2,1-4H3,(H,24,27). The number of aromatic nitrogens is 2. The fourth-order valence-corrected chi connectivity index (χ4v) is 3.46. The van der Waals surface area contributed by atoms with Crippen LogP contribution in [0.25, 0.3) is 11.0 Å². The molecule has 1 unspecified atom stereocenters.